The van der Waals surface area contributed by atoms with Crippen LogP contribution in [0.3, 0.4) is 0 Å². The van der Waals surface area contributed by atoms with E-state index in [-0.39, 0.29) is 18.4 Å². The summed E-state index contributed by atoms with van der Waals surface area (Å²) in [6.45, 7) is 4.91. The lowest BCUT2D eigenvalue weighted by molar-refractivity contribution is -0.137. The first-order valence-corrected chi connectivity index (χ1v) is 11.6. The van der Waals surface area contributed by atoms with Crippen molar-refractivity contribution in [1.82, 2.24) is 4.90 Å². The summed E-state index contributed by atoms with van der Waals surface area (Å²) >= 11 is 6.37. The van der Waals surface area contributed by atoms with Crippen molar-refractivity contribution in [2.75, 3.05) is 11.4 Å². The molecule has 3 aromatic rings. The van der Waals surface area contributed by atoms with Gasteiger partial charge in [-0.25, -0.2) is 0 Å². The van der Waals surface area contributed by atoms with Gasteiger partial charge in [0.15, 0.2) is 0 Å². The number of rotatable bonds is 4. The van der Waals surface area contributed by atoms with E-state index in [1.54, 1.807) is 6.07 Å². The molecule has 2 aliphatic rings. The highest BCUT2D eigenvalue weighted by Gasteiger charge is 2.43. The average molecular weight is 457 g/mol. The molecule has 0 unspecified atom stereocenters. The van der Waals surface area contributed by atoms with Crippen molar-refractivity contribution in [3.63, 3.8) is 0 Å². The quantitative estimate of drug-likeness (QED) is 0.473. The molecule has 5 rings (SSSR count). The number of amides is 2. The summed E-state index contributed by atoms with van der Waals surface area (Å²) in [5.41, 5.74) is 6.88. The molecule has 0 fully saturated rings. The number of halogens is 1. The van der Waals surface area contributed by atoms with E-state index in [1.807, 2.05) is 73.3 Å². The first-order valence-electron chi connectivity index (χ1n) is 11.2. The van der Waals surface area contributed by atoms with Crippen molar-refractivity contribution in [3.05, 3.63) is 105 Å². The van der Waals surface area contributed by atoms with Crippen LogP contribution in [0.15, 0.2) is 72.4 Å². The Hall–Kier alpha value is -3.37. The molecule has 0 saturated heterocycles. The molecule has 0 aromatic heterocycles. The van der Waals surface area contributed by atoms with Gasteiger partial charge in [0.05, 0.1) is 12.1 Å². The number of aryl methyl sites for hydroxylation is 3. The van der Waals surface area contributed by atoms with Gasteiger partial charge in [-0.05, 0) is 66.6 Å². The zero-order valence-electron chi connectivity index (χ0n) is 18.8. The minimum Gasteiger partial charge on any atom is -0.336 e. The molecule has 33 heavy (non-hydrogen) atoms. The van der Waals surface area contributed by atoms with Gasteiger partial charge < -0.3 is 4.90 Å². The molecule has 0 N–H and O–H groups in total. The predicted octanol–water partition coefficient (Wildman–Crippen LogP) is 5.69. The maximum atomic E-state index is 13.8. The van der Waals surface area contributed by atoms with Crippen LogP contribution in [0.1, 0.15) is 34.2 Å². The second-order valence-corrected chi connectivity index (χ2v) is 9.10. The van der Waals surface area contributed by atoms with Crippen LogP contribution in [-0.2, 0) is 22.6 Å². The molecule has 0 aliphatic carbocycles. The lowest BCUT2D eigenvalue weighted by atomic mass is 9.97. The Balaban J connectivity index is 1.65. The monoisotopic (exact) mass is 456 g/mol. The SMILES string of the molecule is Cc1ccc(C2=C(N3CCCc4ccccc43)C(=O)N(Cc3ccccc3Cl)C2=O)cc1C. The van der Waals surface area contributed by atoms with E-state index in [1.165, 1.54) is 10.5 Å². The Kier molecular flexibility index (Phi) is 5.55. The minimum absolute atomic E-state index is 0.144. The third-order valence-electron chi connectivity index (χ3n) is 6.61. The Morgan fingerprint density at radius 3 is 2.42 bits per heavy atom. The number of fused-ring (bicyclic) bond motifs is 1. The molecule has 0 spiro atoms. The van der Waals surface area contributed by atoms with Crippen molar-refractivity contribution in [1.29, 1.82) is 0 Å². The molecule has 0 radical (unpaired) electrons. The molecular formula is C28H25ClN2O2. The molecule has 2 aliphatic heterocycles. The lowest BCUT2D eigenvalue weighted by Crippen LogP contribution is -2.36. The van der Waals surface area contributed by atoms with E-state index >= 15 is 0 Å². The van der Waals surface area contributed by atoms with Crippen molar-refractivity contribution in [2.24, 2.45) is 0 Å². The number of hydrogen-bond donors (Lipinski definition) is 0. The molecule has 2 amide bonds. The maximum Gasteiger partial charge on any atom is 0.278 e. The zero-order chi connectivity index (χ0) is 23.1. The smallest absolute Gasteiger partial charge is 0.278 e. The molecule has 0 atom stereocenters. The molecule has 4 nitrogen and oxygen atoms in total. The molecule has 0 saturated carbocycles. The van der Waals surface area contributed by atoms with Gasteiger partial charge in [-0.1, -0.05) is 66.2 Å². The van der Waals surface area contributed by atoms with Crippen LogP contribution in [0.4, 0.5) is 5.69 Å². The topological polar surface area (TPSA) is 40.6 Å². The highest BCUT2D eigenvalue weighted by atomic mass is 35.5. The second-order valence-electron chi connectivity index (χ2n) is 8.69. The standard InChI is InChI=1S/C28H25ClN2O2/c1-18-13-14-21(16-19(18)2)25-26(30-15-7-10-20-8-4-6-12-24(20)30)28(33)31(27(25)32)17-22-9-3-5-11-23(22)29/h3-6,8-9,11-14,16H,7,10,15,17H2,1-2H3. The van der Waals surface area contributed by atoms with Crippen LogP contribution in [0.2, 0.25) is 5.02 Å². The summed E-state index contributed by atoms with van der Waals surface area (Å²) in [4.78, 5) is 31.0. The van der Waals surface area contributed by atoms with Gasteiger partial charge in [-0.2, -0.15) is 0 Å². The molecular weight excluding hydrogens is 432 g/mol. The fraction of sp³-hybridized carbons (Fsp3) is 0.214. The maximum absolute atomic E-state index is 13.8. The number of hydrogen-bond acceptors (Lipinski definition) is 3. The fourth-order valence-corrected chi connectivity index (χ4v) is 4.87. The van der Waals surface area contributed by atoms with Gasteiger partial charge in [0.25, 0.3) is 11.8 Å². The summed E-state index contributed by atoms with van der Waals surface area (Å²) in [5.74, 6) is -0.550. The van der Waals surface area contributed by atoms with Gasteiger partial charge in [0.2, 0.25) is 0 Å². The van der Waals surface area contributed by atoms with E-state index in [0.29, 0.717) is 22.8 Å². The van der Waals surface area contributed by atoms with Crippen molar-refractivity contribution in [2.45, 2.75) is 33.2 Å². The molecule has 0 bridgehead atoms. The highest BCUT2D eigenvalue weighted by molar-refractivity contribution is 6.37. The van der Waals surface area contributed by atoms with E-state index in [0.717, 1.165) is 40.8 Å². The van der Waals surface area contributed by atoms with Crippen LogP contribution in [0.25, 0.3) is 5.57 Å². The van der Waals surface area contributed by atoms with Crippen LogP contribution >= 0.6 is 11.6 Å². The van der Waals surface area contributed by atoms with Gasteiger partial charge in [0, 0.05) is 17.3 Å². The minimum atomic E-state index is -0.277. The van der Waals surface area contributed by atoms with Crippen molar-refractivity contribution >= 4 is 34.7 Å². The number of anilines is 1. The number of carbonyl (C=O) groups is 2. The number of benzene rings is 3. The van der Waals surface area contributed by atoms with Crippen LogP contribution in [-0.4, -0.2) is 23.3 Å². The number of nitrogens with zero attached hydrogens (tertiary/aromatic N) is 2. The van der Waals surface area contributed by atoms with Gasteiger partial charge >= 0.3 is 0 Å². The second kappa shape index (κ2) is 8.53. The third kappa shape index (κ3) is 3.75. The van der Waals surface area contributed by atoms with Crippen LogP contribution in [0.5, 0.6) is 0 Å². The molecule has 166 valence electrons. The van der Waals surface area contributed by atoms with E-state index < -0.39 is 0 Å². The van der Waals surface area contributed by atoms with Crippen molar-refractivity contribution in [3.8, 4) is 0 Å². The molecule has 3 aromatic carbocycles. The zero-order valence-corrected chi connectivity index (χ0v) is 19.5. The number of carbonyl (C=O) groups excluding carboxylic acids is 2. The summed E-state index contributed by atoms with van der Waals surface area (Å²) < 4.78 is 0. The first-order chi connectivity index (χ1) is 16.0. The summed E-state index contributed by atoms with van der Waals surface area (Å²) in [5, 5.41) is 0.544. The normalized spacial score (nSPS) is 16.0. The predicted molar refractivity (Wildman–Crippen MR) is 132 cm³/mol. The highest BCUT2D eigenvalue weighted by Crippen LogP contribution is 2.39. The third-order valence-corrected chi connectivity index (χ3v) is 6.97. The molecule has 2 heterocycles. The van der Waals surface area contributed by atoms with E-state index in [4.69, 9.17) is 11.6 Å². The summed E-state index contributed by atoms with van der Waals surface area (Å²) in [6, 6.07) is 21.4. The van der Waals surface area contributed by atoms with Crippen LogP contribution < -0.4 is 4.90 Å². The number of imide groups is 1. The van der Waals surface area contributed by atoms with E-state index in [2.05, 4.69) is 6.07 Å². The average Bonchev–Trinajstić information content (AvgIpc) is 3.06. The van der Waals surface area contributed by atoms with Crippen LogP contribution in [0, 0.1) is 13.8 Å². The fourth-order valence-electron chi connectivity index (χ4n) is 4.68. The lowest BCUT2D eigenvalue weighted by Gasteiger charge is -2.32. The Bertz CT molecular complexity index is 1310. The van der Waals surface area contributed by atoms with Gasteiger partial charge in [0.1, 0.15) is 5.70 Å². The van der Waals surface area contributed by atoms with Crippen molar-refractivity contribution < 1.29 is 9.59 Å². The van der Waals surface area contributed by atoms with Gasteiger partial charge in [-0.3, -0.25) is 14.5 Å². The number of para-hydroxylation sites is 1. The van der Waals surface area contributed by atoms with E-state index in [9.17, 15) is 9.59 Å². The Labute approximate surface area is 199 Å². The summed E-state index contributed by atoms with van der Waals surface area (Å²) in [7, 11) is 0. The Morgan fingerprint density at radius 2 is 1.64 bits per heavy atom. The first kappa shape index (κ1) is 21.5. The Morgan fingerprint density at radius 1 is 0.879 bits per heavy atom. The summed E-state index contributed by atoms with van der Waals surface area (Å²) in [6.07, 6.45) is 1.89. The van der Waals surface area contributed by atoms with Gasteiger partial charge in [-0.15, -0.1) is 0 Å². The largest absolute Gasteiger partial charge is 0.336 e. The molecule has 5 heteroatoms.